The molecule has 1 amide bonds. The van der Waals surface area contributed by atoms with Crippen molar-refractivity contribution in [3.05, 3.63) is 54.1 Å². The summed E-state index contributed by atoms with van der Waals surface area (Å²) in [7, 11) is 1.60. The first kappa shape index (κ1) is 17.4. The number of H-pyrrole nitrogens is 1. The predicted octanol–water partition coefficient (Wildman–Crippen LogP) is 2.35. The molecule has 2 atom stereocenters. The molecule has 1 saturated heterocycles. The fourth-order valence-electron chi connectivity index (χ4n) is 3.15. The smallest absolute Gasteiger partial charge is 0.255 e. The van der Waals surface area contributed by atoms with E-state index < -0.39 is 12.3 Å². The second kappa shape index (κ2) is 7.32. The van der Waals surface area contributed by atoms with Gasteiger partial charge in [0.2, 0.25) is 0 Å². The minimum atomic E-state index is -1.24. The van der Waals surface area contributed by atoms with Gasteiger partial charge in [-0.1, -0.05) is 0 Å². The molecule has 0 bridgehead atoms. The summed E-state index contributed by atoms with van der Waals surface area (Å²) >= 11 is 0. The van der Waals surface area contributed by atoms with Crippen molar-refractivity contribution in [1.82, 2.24) is 19.9 Å². The van der Waals surface area contributed by atoms with Crippen molar-refractivity contribution in [2.45, 2.75) is 18.9 Å². The Kier molecular flexibility index (Phi) is 4.72. The fourth-order valence-corrected chi connectivity index (χ4v) is 3.15. The van der Waals surface area contributed by atoms with Gasteiger partial charge in [0.15, 0.2) is 0 Å². The molecule has 3 aromatic rings. The quantitative estimate of drug-likeness (QED) is 0.746. The number of fused-ring (bicyclic) bond motifs is 1. The first-order valence-corrected chi connectivity index (χ1v) is 8.61. The summed E-state index contributed by atoms with van der Waals surface area (Å²) in [5.41, 5.74) is 2.05. The Morgan fingerprint density at radius 2 is 2.26 bits per heavy atom. The molecule has 8 heteroatoms. The molecular formula is C19H19FN4O3. The van der Waals surface area contributed by atoms with Gasteiger partial charge in [0.05, 0.1) is 36.8 Å². The maximum Gasteiger partial charge on any atom is 0.255 e. The van der Waals surface area contributed by atoms with Gasteiger partial charge in [-0.15, -0.1) is 0 Å². The van der Waals surface area contributed by atoms with Crippen LogP contribution in [0.15, 0.2) is 42.7 Å². The monoisotopic (exact) mass is 370 g/mol. The molecule has 4 rings (SSSR count). The molecular weight excluding hydrogens is 351 g/mol. The summed E-state index contributed by atoms with van der Waals surface area (Å²) in [5.74, 6) is 1.08. The number of nitrogens with one attached hydrogen (secondary N) is 1. The molecule has 1 aliphatic heterocycles. The molecule has 0 unspecified atom stereocenters. The van der Waals surface area contributed by atoms with Gasteiger partial charge in [-0.05, 0) is 24.3 Å². The Morgan fingerprint density at radius 1 is 1.37 bits per heavy atom. The lowest BCUT2D eigenvalue weighted by Gasteiger charge is -2.15. The number of amides is 1. The zero-order chi connectivity index (χ0) is 18.8. The third-order valence-corrected chi connectivity index (χ3v) is 4.57. The van der Waals surface area contributed by atoms with Crippen LogP contribution in [0.2, 0.25) is 0 Å². The van der Waals surface area contributed by atoms with Crippen LogP contribution in [0.5, 0.6) is 5.75 Å². The lowest BCUT2D eigenvalue weighted by Crippen LogP contribution is -2.30. The van der Waals surface area contributed by atoms with Crippen molar-refractivity contribution < 1.29 is 18.7 Å². The summed E-state index contributed by atoms with van der Waals surface area (Å²) in [5, 5.41) is 0. The molecule has 2 aromatic heterocycles. The first-order valence-electron chi connectivity index (χ1n) is 8.61. The van der Waals surface area contributed by atoms with Gasteiger partial charge < -0.3 is 19.4 Å². The second-order valence-electron chi connectivity index (χ2n) is 6.38. The Bertz CT molecular complexity index is 947. The Labute approximate surface area is 155 Å². The lowest BCUT2D eigenvalue weighted by molar-refractivity contribution is 0.00887. The van der Waals surface area contributed by atoms with Crippen molar-refractivity contribution in [1.29, 1.82) is 0 Å². The van der Waals surface area contributed by atoms with Crippen molar-refractivity contribution in [3.63, 3.8) is 0 Å². The molecule has 0 spiro atoms. The molecule has 7 nitrogen and oxygen atoms in total. The van der Waals surface area contributed by atoms with Crippen LogP contribution in [0, 0.1) is 0 Å². The summed E-state index contributed by atoms with van der Waals surface area (Å²) in [6.07, 6.45) is 1.14. The lowest BCUT2D eigenvalue weighted by atomic mass is 10.2. The number of ether oxygens (including phenoxy) is 2. The van der Waals surface area contributed by atoms with Crippen LogP contribution in [0.25, 0.3) is 11.0 Å². The Hall–Kier alpha value is -3.00. The highest BCUT2D eigenvalue weighted by atomic mass is 19.1. The van der Waals surface area contributed by atoms with Crippen LogP contribution in [0.4, 0.5) is 4.39 Å². The zero-order valence-corrected chi connectivity index (χ0v) is 14.8. The van der Waals surface area contributed by atoms with Crippen molar-refractivity contribution >= 4 is 16.9 Å². The molecule has 1 fully saturated rings. The number of imidazole rings is 1. The van der Waals surface area contributed by atoms with Crippen LogP contribution < -0.4 is 4.74 Å². The van der Waals surface area contributed by atoms with E-state index in [0.29, 0.717) is 11.4 Å². The molecule has 0 aliphatic carbocycles. The van der Waals surface area contributed by atoms with Gasteiger partial charge in [-0.25, -0.2) is 9.37 Å². The third kappa shape index (κ3) is 3.61. The number of rotatable bonds is 5. The number of hydrogen-bond acceptors (Lipinski definition) is 5. The van der Waals surface area contributed by atoms with Crippen molar-refractivity contribution in [3.8, 4) is 5.75 Å². The number of aromatic nitrogens is 3. The molecule has 0 radical (unpaired) electrons. The second-order valence-corrected chi connectivity index (χ2v) is 6.38. The molecule has 27 heavy (non-hydrogen) atoms. The largest absolute Gasteiger partial charge is 0.497 e. The van der Waals surface area contributed by atoms with Crippen LogP contribution in [-0.4, -0.2) is 58.2 Å². The third-order valence-electron chi connectivity index (χ3n) is 4.57. The number of aromatic amines is 1. The van der Waals surface area contributed by atoms with Crippen molar-refractivity contribution in [2.75, 3.05) is 20.2 Å². The van der Waals surface area contributed by atoms with Gasteiger partial charge in [0.1, 0.15) is 30.5 Å². The van der Waals surface area contributed by atoms with E-state index in [1.165, 1.54) is 11.1 Å². The van der Waals surface area contributed by atoms with Crippen LogP contribution >= 0.6 is 0 Å². The highest BCUT2D eigenvalue weighted by Crippen LogP contribution is 2.22. The highest BCUT2D eigenvalue weighted by Gasteiger charge is 2.36. The molecule has 0 saturated carbocycles. The number of alkyl halides is 1. The SMILES string of the molecule is COc1ccc2nc(CO[C@H]3CN(C(=O)c4cccnc4)C[C@H]3F)[nH]c2c1. The van der Waals surface area contributed by atoms with Gasteiger partial charge in [-0.3, -0.25) is 9.78 Å². The zero-order valence-electron chi connectivity index (χ0n) is 14.8. The maximum absolute atomic E-state index is 14.3. The summed E-state index contributed by atoms with van der Waals surface area (Å²) in [4.78, 5) is 25.4. The van der Waals surface area contributed by atoms with E-state index in [9.17, 15) is 9.18 Å². The average Bonchev–Trinajstić information content (AvgIpc) is 3.28. The number of methoxy groups -OCH3 is 1. The van der Waals surface area contributed by atoms with Gasteiger partial charge in [0.25, 0.3) is 5.91 Å². The summed E-state index contributed by atoms with van der Waals surface area (Å²) in [6, 6.07) is 8.86. The molecule has 1 aliphatic rings. The number of hydrogen-bond donors (Lipinski definition) is 1. The Morgan fingerprint density at radius 3 is 3.04 bits per heavy atom. The number of pyridine rings is 1. The number of carbonyl (C=O) groups is 1. The summed E-state index contributed by atoms with van der Waals surface area (Å²) < 4.78 is 25.2. The van der Waals surface area contributed by atoms with E-state index in [1.54, 1.807) is 25.4 Å². The molecule has 1 N–H and O–H groups in total. The van der Waals surface area contributed by atoms with Gasteiger partial charge >= 0.3 is 0 Å². The van der Waals surface area contributed by atoms with E-state index >= 15 is 0 Å². The first-order chi connectivity index (χ1) is 13.1. The predicted molar refractivity (Wildman–Crippen MR) is 96.3 cm³/mol. The van der Waals surface area contributed by atoms with E-state index in [4.69, 9.17) is 9.47 Å². The fraction of sp³-hybridized carbons (Fsp3) is 0.316. The topological polar surface area (TPSA) is 80.3 Å². The molecule has 140 valence electrons. The average molecular weight is 370 g/mol. The minimum absolute atomic E-state index is 0.00965. The van der Waals surface area contributed by atoms with Crippen molar-refractivity contribution in [2.24, 2.45) is 0 Å². The standard InChI is InChI=1S/C19H19FN4O3/c1-26-13-4-5-15-16(7-13)23-18(22-15)11-27-17-10-24(9-14(17)20)19(25)12-3-2-6-21-8-12/h2-8,14,17H,9-11H2,1H3,(H,22,23)/t14-,17+/m1/s1. The summed E-state index contributed by atoms with van der Waals surface area (Å²) in [6.45, 7) is 0.343. The number of halogens is 1. The van der Waals surface area contributed by atoms with E-state index in [-0.39, 0.29) is 25.6 Å². The molecule has 1 aromatic carbocycles. The number of carbonyl (C=O) groups excluding carboxylic acids is 1. The van der Waals surface area contributed by atoms with Crippen LogP contribution in [-0.2, 0) is 11.3 Å². The minimum Gasteiger partial charge on any atom is -0.497 e. The van der Waals surface area contributed by atoms with Gasteiger partial charge in [0, 0.05) is 18.5 Å². The number of likely N-dealkylation sites (tertiary alicyclic amines) is 1. The number of nitrogens with zero attached hydrogens (tertiary/aromatic N) is 3. The highest BCUT2D eigenvalue weighted by molar-refractivity contribution is 5.94. The van der Waals surface area contributed by atoms with E-state index in [2.05, 4.69) is 15.0 Å². The van der Waals surface area contributed by atoms with Crippen LogP contribution in [0.3, 0.4) is 0 Å². The van der Waals surface area contributed by atoms with E-state index in [1.807, 2.05) is 18.2 Å². The van der Waals surface area contributed by atoms with Crippen LogP contribution in [0.1, 0.15) is 16.2 Å². The van der Waals surface area contributed by atoms with Gasteiger partial charge in [-0.2, -0.15) is 0 Å². The van der Waals surface area contributed by atoms with E-state index in [0.717, 1.165) is 16.8 Å². The maximum atomic E-state index is 14.3. The number of benzene rings is 1. The normalized spacial score (nSPS) is 19.6. The Balaban J connectivity index is 1.39. The molecule has 3 heterocycles.